The summed E-state index contributed by atoms with van der Waals surface area (Å²) in [4.78, 5) is 15.8. The van der Waals surface area contributed by atoms with Gasteiger partial charge in [-0.3, -0.25) is 0 Å². The van der Waals surface area contributed by atoms with Crippen LogP contribution < -0.4 is 62.2 Å². The molecule has 0 aromatic heterocycles. The molecule has 7 aliphatic heterocycles. The van der Waals surface area contributed by atoms with E-state index in [9.17, 15) is 0 Å². The topological polar surface area (TPSA) is 19.4 Å². The summed E-state index contributed by atoms with van der Waals surface area (Å²) < 4.78 is 0. The van der Waals surface area contributed by atoms with Gasteiger partial charge in [-0.15, -0.1) is 0 Å². The molecule has 6 nitrogen and oxygen atoms in total. The standard InChI is InChI=1S/C69H54B2N6/c1-4-25-48(26-5-1)75-60-36-16-12-32-54(60)70-56-45-57-69(53-31-20-40-74(68(53)56)62-41-51(42-63(75)66(62)70)72-38-18-23-46-21-10-14-34-58(46)72)77(50-29-8-3-9-30-50)65-44-52(73-39-19-24-47-22-11-15-35-59(47)73)43-64-67(65)71(57)55-33-13-17-37-61(55)76(64)49-27-6-2-7-28-49/h1-17,21-22,25-30,32-37,41-45H,18-20,23-24,31,38-40H2. The van der Waals surface area contributed by atoms with Crippen LogP contribution in [0.25, 0.3) is 0 Å². The number of anilines is 15. The maximum atomic E-state index is 2.78. The van der Waals surface area contributed by atoms with E-state index in [1.165, 1.54) is 135 Å². The molecule has 17 rings (SSSR count). The van der Waals surface area contributed by atoms with Gasteiger partial charge in [0.2, 0.25) is 0 Å². The van der Waals surface area contributed by atoms with Gasteiger partial charge in [-0.1, -0.05) is 133 Å². The monoisotopic (exact) mass is 988 g/mol. The van der Waals surface area contributed by atoms with Gasteiger partial charge in [-0.05, 0) is 173 Å². The SMILES string of the molecule is c1ccc(N2c3ccccc3B3c4cc5c(c6c4N(CCC6)c4cc(N6CCCc7ccccc76)cc2c43)N(c2ccccc2)c2cc(N3CCCc4ccccc43)cc3c2B5c2ccccc2N3c2ccccc2)cc1. The molecule has 0 fully saturated rings. The smallest absolute Gasteiger partial charge is 0.252 e. The lowest BCUT2D eigenvalue weighted by Gasteiger charge is -2.50. The van der Waals surface area contributed by atoms with E-state index in [1.807, 2.05) is 0 Å². The summed E-state index contributed by atoms with van der Waals surface area (Å²) in [6, 6.07) is 83.3. The van der Waals surface area contributed by atoms with Gasteiger partial charge in [0.05, 0.1) is 0 Å². The van der Waals surface area contributed by atoms with Crippen LogP contribution in [0.5, 0.6) is 0 Å². The first-order valence-corrected chi connectivity index (χ1v) is 28.0. The Kier molecular flexibility index (Phi) is 9.47. The summed E-state index contributed by atoms with van der Waals surface area (Å²) in [5.41, 5.74) is 31.6. The third-order valence-corrected chi connectivity index (χ3v) is 18.1. The minimum Gasteiger partial charge on any atom is -0.342 e. The number of aryl methyl sites for hydroxylation is 2. The van der Waals surface area contributed by atoms with Crippen molar-refractivity contribution in [2.75, 3.05) is 49.0 Å². The first-order valence-electron chi connectivity index (χ1n) is 28.0. The molecule has 0 amide bonds. The highest BCUT2D eigenvalue weighted by molar-refractivity contribution is 7.03. The van der Waals surface area contributed by atoms with Crippen molar-refractivity contribution in [3.8, 4) is 0 Å². The van der Waals surface area contributed by atoms with Crippen molar-refractivity contribution in [1.29, 1.82) is 0 Å². The van der Waals surface area contributed by atoms with E-state index in [-0.39, 0.29) is 13.4 Å². The average molecular weight is 989 g/mol. The molecule has 0 aliphatic carbocycles. The van der Waals surface area contributed by atoms with E-state index in [2.05, 4.69) is 248 Å². The quantitative estimate of drug-likeness (QED) is 0.159. The van der Waals surface area contributed by atoms with Gasteiger partial charge in [0.25, 0.3) is 13.4 Å². The average Bonchev–Trinajstić information content (AvgIpc) is 3.61. The molecule has 10 aromatic rings. The van der Waals surface area contributed by atoms with E-state index < -0.39 is 0 Å². The van der Waals surface area contributed by atoms with Crippen molar-refractivity contribution < 1.29 is 0 Å². The number of hydrogen-bond donors (Lipinski definition) is 0. The molecular weight excluding hydrogens is 934 g/mol. The number of hydrogen-bond acceptors (Lipinski definition) is 6. The molecule has 0 unspecified atom stereocenters. The summed E-state index contributed by atoms with van der Waals surface area (Å²) in [5.74, 6) is 0. The fourth-order valence-electron chi connectivity index (χ4n) is 15.1. The zero-order chi connectivity index (χ0) is 50.3. The molecule has 366 valence electrons. The fraction of sp³-hybridized carbons (Fsp3) is 0.130. The molecule has 77 heavy (non-hydrogen) atoms. The Labute approximate surface area is 451 Å². The van der Waals surface area contributed by atoms with Crippen molar-refractivity contribution in [2.45, 2.75) is 38.5 Å². The zero-order valence-corrected chi connectivity index (χ0v) is 43.0. The minimum atomic E-state index is -0.0205. The Bertz CT molecular complexity index is 4050. The Hall–Kier alpha value is -8.87. The molecule has 7 heterocycles. The number of nitrogens with zero attached hydrogens (tertiary/aromatic N) is 6. The molecule has 0 atom stereocenters. The van der Waals surface area contributed by atoms with Crippen LogP contribution in [0.1, 0.15) is 36.0 Å². The van der Waals surface area contributed by atoms with Crippen LogP contribution >= 0.6 is 0 Å². The molecule has 0 spiro atoms. The van der Waals surface area contributed by atoms with Crippen LogP contribution in [-0.2, 0) is 19.3 Å². The van der Waals surface area contributed by atoms with Crippen molar-refractivity contribution in [2.24, 2.45) is 0 Å². The largest absolute Gasteiger partial charge is 0.342 e. The summed E-state index contributed by atoms with van der Waals surface area (Å²) in [7, 11) is 0. The maximum Gasteiger partial charge on any atom is 0.252 e. The van der Waals surface area contributed by atoms with Gasteiger partial charge in [-0.2, -0.15) is 0 Å². The summed E-state index contributed by atoms with van der Waals surface area (Å²) in [6.45, 7) is 2.90. The predicted molar refractivity (Wildman–Crippen MR) is 325 cm³/mol. The normalized spacial score (nSPS) is 15.9. The second-order valence-electron chi connectivity index (χ2n) is 22.0. The highest BCUT2D eigenvalue weighted by atomic mass is 15.2. The third kappa shape index (κ3) is 6.27. The molecule has 0 N–H and O–H groups in total. The van der Waals surface area contributed by atoms with Crippen LogP contribution in [-0.4, -0.2) is 33.1 Å². The second-order valence-corrected chi connectivity index (χ2v) is 22.0. The van der Waals surface area contributed by atoms with Crippen LogP contribution in [0.4, 0.5) is 85.3 Å². The lowest BCUT2D eigenvalue weighted by atomic mass is 9.30. The number of rotatable bonds is 5. The summed E-state index contributed by atoms with van der Waals surface area (Å²) in [5, 5.41) is 0. The molecular formula is C69H54B2N6. The lowest BCUT2D eigenvalue weighted by molar-refractivity contribution is 0.762. The molecule has 0 bridgehead atoms. The number of benzene rings is 10. The van der Waals surface area contributed by atoms with E-state index in [1.54, 1.807) is 0 Å². The molecule has 10 aromatic carbocycles. The molecule has 7 aliphatic rings. The first-order chi connectivity index (χ1) is 38.2. The van der Waals surface area contributed by atoms with Crippen molar-refractivity contribution in [1.82, 2.24) is 0 Å². The molecule has 8 heteroatoms. The van der Waals surface area contributed by atoms with Crippen molar-refractivity contribution in [3.63, 3.8) is 0 Å². The van der Waals surface area contributed by atoms with E-state index in [0.29, 0.717) is 0 Å². The van der Waals surface area contributed by atoms with Crippen LogP contribution in [0.2, 0.25) is 0 Å². The van der Waals surface area contributed by atoms with Gasteiger partial charge < -0.3 is 29.4 Å². The number of para-hydroxylation sites is 7. The van der Waals surface area contributed by atoms with E-state index in [4.69, 9.17) is 0 Å². The zero-order valence-electron chi connectivity index (χ0n) is 43.0. The summed E-state index contributed by atoms with van der Waals surface area (Å²) >= 11 is 0. The van der Waals surface area contributed by atoms with Gasteiger partial charge in [-0.25, -0.2) is 0 Å². The van der Waals surface area contributed by atoms with Crippen molar-refractivity contribution in [3.05, 3.63) is 235 Å². The van der Waals surface area contributed by atoms with Crippen LogP contribution in [0, 0.1) is 0 Å². The van der Waals surface area contributed by atoms with Gasteiger partial charge in [0, 0.05) is 105 Å². The molecule has 0 saturated heterocycles. The Balaban J connectivity index is 0.972. The summed E-state index contributed by atoms with van der Waals surface area (Å²) in [6.07, 6.45) is 6.47. The third-order valence-electron chi connectivity index (χ3n) is 18.1. The highest BCUT2D eigenvalue weighted by Gasteiger charge is 2.50. The highest BCUT2D eigenvalue weighted by Crippen LogP contribution is 2.53. The fourth-order valence-corrected chi connectivity index (χ4v) is 15.1. The molecule has 0 saturated carbocycles. The Morgan fingerprint density at radius 3 is 1.19 bits per heavy atom. The Morgan fingerprint density at radius 2 is 0.662 bits per heavy atom. The lowest BCUT2D eigenvalue weighted by Crippen LogP contribution is -2.66. The predicted octanol–water partition coefficient (Wildman–Crippen LogP) is 12.6. The molecule has 0 radical (unpaired) electrons. The van der Waals surface area contributed by atoms with Gasteiger partial charge in [0.1, 0.15) is 0 Å². The van der Waals surface area contributed by atoms with Gasteiger partial charge >= 0.3 is 0 Å². The second kappa shape index (κ2) is 16.8. The van der Waals surface area contributed by atoms with E-state index in [0.717, 1.165) is 58.2 Å². The van der Waals surface area contributed by atoms with Crippen LogP contribution in [0.15, 0.2) is 218 Å². The Morgan fingerprint density at radius 1 is 0.273 bits per heavy atom. The first kappa shape index (κ1) is 43.4. The van der Waals surface area contributed by atoms with Crippen molar-refractivity contribution >= 4 is 132 Å². The maximum absolute atomic E-state index is 2.78. The van der Waals surface area contributed by atoms with Crippen LogP contribution in [0.3, 0.4) is 0 Å². The van der Waals surface area contributed by atoms with E-state index >= 15 is 0 Å². The minimum absolute atomic E-state index is 0.0134. The van der Waals surface area contributed by atoms with Gasteiger partial charge in [0.15, 0.2) is 0 Å². The number of fused-ring (bicyclic) bond motifs is 11.